The van der Waals surface area contributed by atoms with Gasteiger partial charge in [0.2, 0.25) is 5.91 Å². The lowest BCUT2D eigenvalue weighted by Gasteiger charge is -2.21. The molecule has 0 radical (unpaired) electrons. The normalized spacial score (nSPS) is 27.2. The van der Waals surface area contributed by atoms with Gasteiger partial charge in [0.15, 0.2) is 0 Å². The molecule has 1 amide bonds. The van der Waals surface area contributed by atoms with E-state index >= 15 is 0 Å². The molecule has 0 aromatic heterocycles. The van der Waals surface area contributed by atoms with Crippen LogP contribution in [0.1, 0.15) is 34.6 Å². The first-order valence-electron chi connectivity index (χ1n) is 5.40. The minimum absolute atomic E-state index is 0.0285. The van der Waals surface area contributed by atoms with E-state index in [1.165, 1.54) is 0 Å². The Morgan fingerprint density at radius 2 is 1.81 bits per heavy atom. The zero-order chi connectivity index (χ0) is 12.7. The van der Waals surface area contributed by atoms with Crippen molar-refractivity contribution in [3.05, 3.63) is 10.6 Å². The highest BCUT2D eigenvalue weighted by molar-refractivity contribution is 6.55. The molecule has 1 rings (SSSR count). The van der Waals surface area contributed by atoms with E-state index < -0.39 is 0 Å². The molecule has 16 heavy (non-hydrogen) atoms. The highest BCUT2D eigenvalue weighted by atomic mass is 35.5. The van der Waals surface area contributed by atoms with Crippen molar-refractivity contribution >= 4 is 29.1 Å². The summed E-state index contributed by atoms with van der Waals surface area (Å²) in [5.41, 5.74) is -0.251. The molecule has 0 aromatic rings. The van der Waals surface area contributed by atoms with Crippen LogP contribution in [0, 0.1) is 17.3 Å². The predicted molar refractivity (Wildman–Crippen MR) is 68.4 cm³/mol. The minimum atomic E-state index is -0.200. The number of nitrogens with one attached hydrogen (secondary N) is 1. The van der Waals surface area contributed by atoms with Gasteiger partial charge in [0.1, 0.15) is 4.49 Å². The van der Waals surface area contributed by atoms with E-state index in [9.17, 15) is 4.79 Å². The zero-order valence-electron chi connectivity index (χ0n) is 10.4. The summed E-state index contributed by atoms with van der Waals surface area (Å²) < 4.78 is 0.240. The molecule has 1 N–H and O–H groups in total. The highest BCUT2D eigenvalue weighted by Crippen LogP contribution is 2.59. The first-order chi connectivity index (χ1) is 7.05. The zero-order valence-corrected chi connectivity index (χ0v) is 11.9. The summed E-state index contributed by atoms with van der Waals surface area (Å²) in [7, 11) is 0. The molecule has 1 fully saturated rings. The molecular formula is C12H19Cl2NO. The Labute approximate surface area is 107 Å². The Kier molecular flexibility index (Phi) is 3.66. The van der Waals surface area contributed by atoms with Crippen molar-refractivity contribution in [3.8, 4) is 0 Å². The Morgan fingerprint density at radius 3 is 2.19 bits per heavy atom. The third-order valence-corrected chi connectivity index (χ3v) is 3.25. The summed E-state index contributed by atoms with van der Waals surface area (Å²) in [4.78, 5) is 12.0. The molecule has 1 saturated carbocycles. The summed E-state index contributed by atoms with van der Waals surface area (Å²) in [6.07, 6.45) is 1.76. The van der Waals surface area contributed by atoms with Gasteiger partial charge in [-0.1, -0.05) is 37.0 Å². The second-order valence-corrected chi connectivity index (χ2v) is 7.03. The van der Waals surface area contributed by atoms with Gasteiger partial charge in [-0.3, -0.25) is 4.79 Å². The van der Waals surface area contributed by atoms with Gasteiger partial charge in [-0.2, -0.15) is 0 Å². The average Bonchev–Trinajstić information content (AvgIpc) is 2.47. The predicted octanol–water partition coefficient (Wildman–Crippen LogP) is 3.49. The van der Waals surface area contributed by atoms with Crippen LogP contribution in [0.4, 0.5) is 0 Å². The van der Waals surface area contributed by atoms with Gasteiger partial charge in [-0.25, -0.2) is 0 Å². The van der Waals surface area contributed by atoms with Crippen molar-refractivity contribution in [2.24, 2.45) is 17.3 Å². The van der Waals surface area contributed by atoms with Gasteiger partial charge in [0.25, 0.3) is 0 Å². The molecule has 0 aliphatic heterocycles. The number of allylic oxidation sites excluding steroid dienone is 1. The van der Waals surface area contributed by atoms with Gasteiger partial charge in [-0.15, -0.1) is 0 Å². The van der Waals surface area contributed by atoms with E-state index in [1.807, 2.05) is 20.8 Å². The van der Waals surface area contributed by atoms with Gasteiger partial charge >= 0.3 is 0 Å². The van der Waals surface area contributed by atoms with Gasteiger partial charge < -0.3 is 5.32 Å². The Bertz CT molecular complexity index is 324. The molecule has 0 bridgehead atoms. The molecule has 2 atom stereocenters. The van der Waals surface area contributed by atoms with Gasteiger partial charge in [0.05, 0.1) is 5.92 Å². The number of rotatable bonds is 2. The van der Waals surface area contributed by atoms with E-state index in [0.29, 0.717) is 0 Å². The smallest absolute Gasteiger partial charge is 0.224 e. The number of hydrogen-bond acceptors (Lipinski definition) is 1. The number of hydrogen-bond donors (Lipinski definition) is 1. The number of halogens is 2. The molecule has 1 aliphatic carbocycles. The average molecular weight is 264 g/mol. The van der Waals surface area contributed by atoms with Crippen molar-refractivity contribution in [1.29, 1.82) is 0 Å². The molecule has 0 unspecified atom stereocenters. The number of carbonyl (C=O) groups is 1. The minimum Gasteiger partial charge on any atom is -0.351 e. The van der Waals surface area contributed by atoms with E-state index in [4.69, 9.17) is 23.2 Å². The molecule has 0 heterocycles. The first-order valence-corrected chi connectivity index (χ1v) is 6.16. The molecule has 4 heteroatoms. The summed E-state index contributed by atoms with van der Waals surface area (Å²) in [5.74, 6) is 0.187. The fourth-order valence-corrected chi connectivity index (χ4v) is 2.34. The number of amides is 1. The van der Waals surface area contributed by atoms with Crippen LogP contribution in [0.25, 0.3) is 0 Å². The van der Waals surface area contributed by atoms with Crippen LogP contribution in [0.3, 0.4) is 0 Å². The van der Waals surface area contributed by atoms with E-state index in [2.05, 4.69) is 19.2 Å². The third-order valence-electron chi connectivity index (χ3n) is 3.00. The molecule has 2 nitrogen and oxygen atoms in total. The first kappa shape index (κ1) is 13.9. The molecule has 0 saturated heterocycles. The van der Waals surface area contributed by atoms with Crippen molar-refractivity contribution in [2.45, 2.75) is 40.2 Å². The van der Waals surface area contributed by atoms with Crippen molar-refractivity contribution in [2.75, 3.05) is 0 Å². The van der Waals surface area contributed by atoms with Crippen molar-refractivity contribution in [3.63, 3.8) is 0 Å². The fourth-order valence-electron chi connectivity index (χ4n) is 2.07. The Balaban J connectivity index is 2.70. The van der Waals surface area contributed by atoms with Crippen LogP contribution in [0.15, 0.2) is 10.6 Å². The van der Waals surface area contributed by atoms with Crippen LogP contribution in [-0.2, 0) is 4.79 Å². The maximum Gasteiger partial charge on any atom is 0.224 e. The molecule has 0 aromatic carbocycles. The summed E-state index contributed by atoms with van der Waals surface area (Å²) in [5, 5.41) is 2.99. The maximum atomic E-state index is 12.0. The highest BCUT2D eigenvalue weighted by Gasteiger charge is 2.60. The SMILES string of the molecule is CC(C)(C)NC(=O)[C@@H]1[C@@H](C=C(Cl)Cl)C1(C)C. The second-order valence-electron chi connectivity index (χ2n) is 6.02. The molecule has 1 aliphatic rings. The van der Waals surface area contributed by atoms with Gasteiger partial charge in [-0.05, 0) is 38.2 Å². The van der Waals surface area contributed by atoms with Crippen LogP contribution in [0.5, 0.6) is 0 Å². The Hall–Kier alpha value is -0.210. The van der Waals surface area contributed by atoms with Crippen LogP contribution in [-0.4, -0.2) is 11.4 Å². The van der Waals surface area contributed by atoms with Crippen LogP contribution >= 0.6 is 23.2 Å². The van der Waals surface area contributed by atoms with E-state index in [-0.39, 0.29) is 33.2 Å². The lowest BCUT2D eigenvalue weighted by Crippen LogP contribution is -2.42. The van der Waals surface area contributed by atoms with E-state index in [1.54, 1.807) is 6.08 Å². The largest absolute Gasteiger partial charge is 0.351 e. The standard InChI is InChI=1S/C12H19Cl2NO/c1-11(2,3)15-10(16)9-7(6-8(13)14)12(9,4)5/h6-7,9H,1-5H3,(H,15,16)/t7-,9+/m1/s1. The lowest BCUT2D eigenvalue weighted by atomic mass is 10.1. The summed E-state index contributed by atoms with van der Waals surface area (Å²) >= 11 is 11.3. The number of carbonyl (C=O) groups excluding carboxylic acids is 1. The molecular weight excluding hydrogens is 245 g/mol. The third kappa shape index (κ3) is 3.14. The lowest BCUT2D eigenvalue weighted by molar-refractivity contribution is -0.124. The van der Waals surface area contributed by atoms with Crippen molar-refractivity contribution < 1.29 is 4.79 Å². The molecule has 0 spiro atoms. The topological polar surface area (TPSA) is 29.1 Å². The van der Waals surface area contributed by atoms with Crippen LogP contribution < -0.4 is 5.32 Å². The Morgan fingerprint density at radius 1 is 1.31 bits per heavy atom. The summed E-state index contributed by atoms with van der Waals surface area (Å²) in [6.45, 7) is 10.0. The quantitative estimate of drug-likeness (QED) is 0.812. The van der Waals surface area contributed by atoms with Crippen LogP contribution in [0.2, 0.25) is 0 Å². The monoisotopic (exact) mass is 263 g/mol. The molecule has 92 valence electrons. The fraction of sp³-hybridized carbons (Fsp3) is 0.750. The van der Waals surface area contributed by atoms with E-state index in [0.717, 1.165) is 0 Å². The maximum absolute atomic E-state index is 12.0. The van der Waals surface area contributed by atoms with Crippen molar-refractivity contribution in [1.82, 2.24) is 5.32 Å². The summed E-state index contributed by atoms with van der Waals surface area (Å²) in [6, 6.07) is 0. The van der Waals surface area contributed by atoms with Gasteiger partial charge in [0, 0.05) is 5.54 Å². The second kappa shape index (κ2) is 4.23.